The van der Waals surface area contributed by atoms with E-state index in [-0.39, 0.29) is 5.91 Å². The highest BCUT2D eigenvalue weighted by atomic mass is 16.3. The summed E-state index contributed by atoms with van der Waals surface area (Å²) in [5.74, 6) is 1.18. The van der Waals surface area contributed by atoms with Crippen molar-refractivity contribution >= 4 is 11.6 Å². The van der Waals surface area contributed by atoms with Crippen molar-refractivity contribution in [2.24, 2.45) is 0 Å². The number of anilines is 1. The van der Waals surface area contributed by atoms with Crippen LogP contribution in [0.4, 0.5) is 5.69 Å². The van der Waals surface area contributed by atoms with E-state index in [2.05, 4.69) is 25.4 Å². The highest BCUT2D eigenvalue weighted by Gasteiger charge is 2.24. The molecule has 22 heavy (non-hydrogen) atoms. The Bertz CT molecular complexity index is 607. The van der Waals surface area contributed by atoms with Crippen molar-refractivity contribution in [2.45, 2.75) is 32.6 Å². The molecule has 0 spiro atoms. The van der Waals surface area contributed by atoms with Gasteiger partial charge in [-0.05, 0) is 39.8 Å². The molecule has 3 rings (SSSR count). The minimum absolute atomic E-state index is 0.00201. The van der Waals surface area contributed by atoms with Crippen molar-refractivity contribution in [2.75, 3.05) is 25.0 Å². The number of likely N-dealkylation sites (tertiary alicyclic amines) is 1. The number of rotatable bonds is 4. The molecule has 118 valence electrons. The number of carbonyl (C=O) groups excluding carboxylic acids is 1. The zero-order valence-corrected chi connectivity index (χ0v) is 12.9. The molecule has 0 radical (unpaired) electrons. The lowest BCUT2D eigenvalue weighted by molar-refractivity contribution is -0.117. The zero-order chi connectivity index (χ0) is 15.5. The van der Waals surface area contributed by atoms with Gasteiger partial charge in [-0.1, -0.05) is 0 Å². The number of carbonyl (C=O) groups is 1. The number of nitrogens with one attached hydrogen (secondary N) is 2. The predicted octanol–water partition coefficient (Wildman–Crippen LogP) is 1.83. The second kappa shape index (κ2) is 6.31. The number of piperidine rings is 1. The Morgan fingerprint density at radius 3 is 2.82 bits per heavy atom. The smallest absolute Gasteiger partial charge is 0.238 e. The molecule has 1 aliphatic heterocycles. The summed E-state index contributed by atoms with van der Waals surface area (Å²) >= 11 is 0. The molecule has 0 unspecified atom stereocenters. The van der Waals surface area contributed by atoms with Crippen molar-refractivity contribution in [3.8, 4) is 0 Å². The summed E-state index contributed by atoms with van der Waals surface area (Å²) in [6, 6.07) is 0. The summed E-state index contributed by atoms with van der Waals surface area (Å²) in [6.07, 6.45) is 5.24. The lowest BCUT2D eigenvalue weighted by atomic mass is 9.97. The lowest BCUT2D eigenvalue weighted by Gasteiger charge is -2.29. The van der Waals surface area contributed by atoms with Crippen molar-refractivity contribution in [3.63, 3.8) is 0 Å². The van der Waals surface area contributed by atoms with E-state index >= 15 is 0 Å². The molecule has 1 saturated heterocycles. The summed E-state index contributed by atoms with van der Waals surface area (Å²) < 4.78 is 5.37. The normalized spacial score (nSPS) is 16.8. The molecular formula is C15H21N5O2. The fourth-order valence-corrected chi connectivity index (χ4v) is 2.89. The number of nitrogens with zero attached hydrogens (tertiary/aromatic N) is 3. The molecule has 3 heterocycles. The predicted molar refractivity (Wildman–Crippen MR) is 81.6 cm³/mol. The van der Waals surface area contributed by atoms with Crippen LogP contribution in [0, 0.1) is 13.8 Å². The Morgan fingerprint density at radius 1 is 1.45 bits per heavy atom. The summed E-state index contributed by atoms with van der Waals surface area (Å²) in [5, 5.41) is 9.89. The molecule has 2 N–H and O–H groups in total. The number of aromatic nitrogens is 3. The fourth-order valence-electron chi connectivity index (χ4n) is 2.89. The van der Waals surface area contributed by atoms with Gasteiger partial charge in [-0.15, -0.1) is 0 Å². The maximum absolute atomic E-state index is 12.2. The van der Waals surface area contributed by atoms with Crippen LogP contribution in [-0.2, 0) is 4.79 Å². The van der Waals surface area contributed by atoms with Crippen LogP contribution in [0.3, 0.4) is 0 Å². The van der Waals surface area contributed by atoms with Crippen molar-refractivity contribution in [3.05, 3.63) is 29.7 Å². The van der Waals surface area contributed by atoms with Crippen LogP contribution in [0.1, 0.15) is 36.0 Å². The average Bonchev–Trinajstić information content (AvgIpc) is 3.14. The minimum Gasteiger partial charge on any atom is -0.449 e. The molecule has 7 nitrogen and oxygen atoms in total. The van der Waals surface area contributed by atoms with E-state index in [1.807, 2.05) is 13.8 Å². The van der Waals surface area contributed by atoms with Gasteiger partial charge in [0.15, 0.2) is 5.89 Å². The van der Waals surface area contributed by atoms with Crippen LogP contribution in [0.2, 0.25) is 0 Å². The number of aromatic amines is 1. The monoisotopic (exact) mass is 303 g/mol. The van der Waals surface area contributed by atoms with Crippen molar-refractivity contribution in [1.29, 1.82) is 0 Å². The summed E-state index contributed by atoms with van der Waals surface area (Å²) in [6.45, 7) is 5.94. The fraction of sp³-hybridized carbons (Fsp3) is 0.533. The number of aryl methyl sites for hydroxylation is 2. The van der Waals surface area contributed by atoms with Gasteiger partial charge in [0.1, 0.15) is 6.26 Å². The van der Waals surface area contributed by atoms with Crippen LogP contribution in [0.25, 0.3) is 0 Å². The summed E-state index contributed by atoms with van der Waals surface area (Å²) in [7, 11) is 0. The van der Waals surface area contributed by atoms with Crippen LogP contribution in [0.5, 0.6) is 0 Å². The van der Waals surface area contributed by atoms with Crippen LogP contribution in [0.15, 0.2) is 16.9 Å². The van der Waals surface area contributed by atoms with E-state index in [1.54, 1.807) is 12.5 Å². The Kier molecular flexibility index (Phi) is 4.24. The van der Waals surface area contributed by atoms with E-state index in [0.29, 0.717) is 12.5 Å². The average molecular weight is 303 g/mol. The quantitative estimate of drug-likeness (QED) is 0.900. The number of H-pyrrole nitrogens is 1. The maximum atomic E-state index is 12.2. The van der Waals surface area contributed by atoms with Gasteiger partial charge in [-0.25, -0.2) is 4.98 Å². The molecule has 0 saturated carbocycles. The van der Waals surface area contributed by atoms with Crippen LogP contribution < -0.4 is 5.32 Å². The molecule has 0 aromatic carbocycles. The molecule has 0 bridgehead atoms. The topological polar surface area (TPSA) is 87.0 Å². The van der Waals surface area contributed by atoms with E-state index in [4.69, 9.17) is 4.42 Å². The second-order valence-corrected chi connectivity index (χ2v) is 5.78. The Labute approximate surface area is 129 Å². The van der Waals surface area contributed by atoms with Gasteiger partial charge in [0, 0.05) is 5.92 Å². The van der Waals surface area contributed by atoms with Gasteiger partial charge < -0.3 is 9.73 Å². The van der Waals surface area contributed by atoms with Crippen molar-refractivity contribution < 1.29 is 9.21 Å². The van der Waals surface area contributed by atoms with E-state index in [1.165, 1.54) is 0 Å². The first-order valence-electron chi connectivity index (χ1n) is 7.56. The van der Waals surface area contributed by atoms with Gasteiger partial charge in [0.05, 0.1) is 29.8 Å². The highest BCUT2D eigenvalue weighted by Crippen LogP contribution is 2.26. The second-order valence-electron chi connectivity index (χ2n) is 5.78. The number of oxazole rings is 1. The molecular weight excluding hydrogens is 282 g/mol. The number of hydrogen-bond donors (Lipinski definition) is 2. The summed E-state index contributed by atoms with van der Waals surface area (Å²) in [5.41, 5.74) is 2.49. The minimum atomic E-state index is 0.00201. The largest absolute Gasteiger partial charge is 0.449 e. The Balaban J connectivity index is 1.49. The molecule has 1 fully saturated rings. The van der Waals surface area contributed by atoms with Crippen LogP contribution >= 0.6 is 0 Å². The van der Waals surface area contributed by atoms with E-state index < -0.39 is 0 Å². The van der Waals surface area contributed by atoms with Crippen molar-refractivity contribution in [1.82, 2.24) is 20.1 Å². The highest BCUT2D eigenvalue weighted by molar-refractivity contribution is 5.93. The summed E-state index contributed by atoms with van der Waals surface area (Å²) in [4.78, 5) is 18.6. The molecule has 2 aromatic rings. The molecule has 1 aliphatic rings. The number of amides is 1. The zero-order valence-electron chi connectivity index (χ0n) is 12.9. The van der Waals surface area contributed by atoms with Crippen LogP contribution in [-0.4, -0.2) is 45.6 Å². The van der Waals surface area contributed by atoms with E-state index in [9.17, 15) is 4.79 Å². The molecule has 7 heteroatoms. The Morgan fingerprint density at radius 2 is 2.23 bits per heavy atom. The molecule has 1 amide bonds. The third kappa shape index (κ3) is 3.19. The first kappa shape index (κ1) is 14.8. The standard InChI is InChI=1S/C15H21N5O2/c1-10-14(11(2)19-18-10)17-13(21)9-20-6-3-12(4-7-20)15-16-5-8-22-15/h5,8,12H,3-4,6-7,9H2,1-2H3,(H,17,21)(H,18,19). The van der Waals surface area contributed by atoms with Gasteiger partial charge in [-0.2, -0.15) is 5.10 Å². The van der Waals surface area contributed by atoms with Gasteiger partial charge >= 0.3 is 0 Å². The third-order valence-electron chi connectivity index (χ3n) is 4.15. The molecule has 0 atom stereocenters. The third-order valence-corrected chi connectivity index (χ3v) is 4.15. The van der Waals surface area contributed by atoms with Gasteiger partial charge in [-0.3, -0.25) is 14.8 Å². The lowest BCUT2D eigenvalue weighted by Crippen LogP contribution is -2.38. The first-order valence-corrected chi connectivity index (χ1v) is 7.56. The van der Waals surface area contributed by atoms with Gasteiger partial charge in [0.25, 0.3) is 0 Å². The van der Waals surface area contributed by atoms with Gasteiger partial charge in [0.2, 0.25) is 5.91 Å². The van der Waals surface area contributed by atoms with E-state index in [0.717, 1.165) is 48.9 Å². The number of hydrogen-bond acceptors (Lipinski definition) is 5. The Hall–Kier alpha value is -2.15. The molecule has 2 aromatic heterocycles. The first-order chi connectivity index (χ1) is 10.6. The molecule has 0 aliphatic carbocycles. The SMILES string of the molecule is Cc1n[nH]c(C)c1NC(=O)CN1CCC(c2ncco2)CC1. The maximum Gasteiger partial charge on any atom is 0.238 e.